The number of carbonyl (C=O) groups excluding carboxylic acids is 1. The number of ether oxygens (including phenoxy) is 3. The van der Waals surface area contributed by atoms with Crippen LogP contribution in [0.4, 0.5) is 9.18 Å². The van der Waals surface area contributed by atoms with Gasteiger partial charge in [0.2, 0.25) is 5.82 Å². The number of pyridine rings is 1. The van der Waals surface area contributed by atoms with Crippen LogP contribution in [0, 0.1) is 5.82 Å². The molecule has 0 radical (unpaired) electrons. The van der Waals surface area contributed by atoms with E-state index in [2.05, 4.69) is 15.1 Å². The number of hydrogen-bond acceptors (Lipinski definition) is 7. The number of halogens is 1. The highest BCUT2D eigenvalue weighted by Crippen LogP contribution is 2.30. The molecule has 1 atom stereocenters. The molecule has 4 heterocycles. The molecule has 0 saturated carbocycles. The smallest absolute Gasteiger partial charge is 0.410 e. The van der Waals surface area contributed by atoms with Crippen molar-refractivity contribution in [1.29, 1.82) is 0 Å². The number of carbonyl (C=O) groups is 1. The van der Waals surface area contributed by atoms with E-state index in [9.17, 15) is 9.18 Å². The maximum Gasteiger partial charge on any atom is 0.410 e. The predicted molar refractivity (Wildman–Crippen MR) is 114 cm³/mol. The summed E-state index contributed by atoms with van der Waals surface area (Å²) in [5.41, 5.74) is 0.786. The summed E-state index contributed by atoms with van der Waals surface area (Å²) in [6, 6.07) is 5.58. The minimum atomic E-state index is -0.790. The van der Waals surface area contributed by atoms with Crippen LogP contribution in [0.25, 0.3) is 16.9 Å². The molecule has 1 aliphatic rings. The summed E-state index contributed by atoms with van der Waals surface area (Å²) >= 11 is 0. The van der Waals surface area contributed by atoms with Crippen LogP contribution in [0.1, 0.15) is 33.6 Å². The highest BCUT2D eigenvalue weighted by Gasteiger charge is 2.30. The second-order valence-corrected chi connectivity index (χ2v) is 8.57. The Labute approximate surface area is 185 Å². The monoisotopic (exact) mass is 443 g/mol. The molecule has 1 amide bonds. The van der Waals surface area contributed by atoms with Gasteiger partial charge in [0.15, 0.2) is 5.82 Å². The van der Waals surface area contributed by atoms with E-state index in [-0.39, 0.29) is 24.1 Å². The number of methoxy groups -OCH3 is 1. The van der Waals surface area contributed by atoms with Gasteiger partial charge in [-0.25, -0.2) is 9.31 Å². The number of aromatic nitrogens is 4. The first-order chi connectivity index (χ1) is 15.2. The van der Waals surface area contributed by atoms with Crippen LogP contribution >= 0.6 is 0 Å². The molecular formula is C22H26FN5O4. The first-order valence-electron chi connectivity index (χ1n) is 10.4. The largest absolute Gasteiger partial charge is 0.479 e. The van der Waals surface area contributed by atoms with Crippen molar-refractivity contribution in [3.63, 3.8) is 0 Å². The number of nitrogens with zero attached hydrogens (tertiary/aromatic N) is 5. The van der Waals surface area contributed by atoms with Crippen molar-refractivity contribution >= 4 is 11.6 Å². The van der Waals surface area contributed by atoms with Gasteiger partial charge in [0.05, 0.1) is 30.9 Å². The normalized spacial score (nSPS) is 16.8. The van der Waals surface area contributed by atoms with Gasteiger partial charge in [-0.05, 0) is 45.7 Å². The van der Waals surface area contributed by atoms with Crippen LogP contribution in [0.15, 0.2) is 30.6 Å². The molecule has 0 bridgehead atoms. The molecule has 0 unspecified atom stereocenters. The maximum atomic E-state index is 14.9. The summed E-state index contributed by atoms with van der Waals surface area (Å²) < 4.78 is 33.1. The fourth-order valence-corrected chi connectivity index (χ4v) is 3.53. The molecule has 32 heavy (non-hydrogen) atoms. The van der Waals surface area contributed by atoms with Crippen molar-refractivity contribution < 1.29 is 23.4 Å². The Morgan fingerprint density at radius 3 is 2.75 bits per heavy atom. The van der Waals surface area contributed by atoms with Gasteiger partial charge in [-0.15, -0.1) is 0 Å². The third-order valence-corrected chi connectivity index (χ3v) is 4.96. The van der Waals surface area contributed by atoms with Crippen LogP contribution < -0.4 is 9.47 Å². The fraction of sp³-hybridized carbons (Fsp3) is 0.455. The molecule has 0 aromatic carbocycles. The Kier molecular flexibility index (Phi) is 5.86. The van der Waals surface area contributed by atoms with Crippen molar-refractivity contribution in [3.05, 3.63) is 36.4 Å². The molecule has 3 aromatic heterocycles. The fourth-order valence-electron chi connectivity index (χ4n) is 3.53. The minimum absolute atomic E-state index is 0.222. The van der Waals surface area contributed by atoms with E-state index >= 15 is 0 Å². The highest BCUT2D eigenvalue weighted by atomic mass is 19.1. The number of rotatable bonds is 4. The van der Waals surface area contributed by atoms with Gasteiger partial charge in [0.1, 0.15) is 11.7 Å². The lowest BCUT2D eigenvalue weighted by molar-refractivity contribution is 0.00667. The van der Waals surface area contributed by atoms with E-state index in [1.165, 1.54) is 7.11 Å². The first-order valence-corrected chi connectivity index (χ1v) is 10.4. The quantitative estimate of drug-likeness (QED) is 0.607. The van der Waals surface area contributed by atoms with E-state index in [0.29, 0.717) is 24.9 Å². The Bertz CT molecular complexity index is 1130. The lowest BCUT2D eigenvalue weighted by Crippen LogP contribution is -2.46. The van der Waals surface area contributed by atoms with Crippen LogP contribution in [-0.4, -0.2) is 62.5 Å². The summed E-state index contributed by atoms with van der Waals surface area (Å²) in [4.78, 5) is 22.5. The molecule has 9 nitrogen and oxygen atoms in total. The molecule has 1 aliphatic heterocycles. The summed E-state index contributed by atoms with van der Waals surface area (Å²) in [6.07, 6.45) is 3.90. The summed E-state index contributed by atoms with van der Waals surface area (Å²) in [6.45, 7) is 6.26. The minimum Gasteiger partial charge on any atom is -0.479 e. The number of fused-ring (bicyclic) bond motifs is 1. The lowest BCUT2D eigenvalue weighted by atomic mass is 10.1. The van der Waals surface area contributed by atoms with Crippen molar-refractivity contribution in [1.82, 2.24) is 24.5 Å². The summed E-state index contributed by atoms with van der Waals surface area (Å²) in [5, 5.41) is 4.28. The third-order valence-electron chi connectivity index (χ3n) is 4.96. The van der Waals surface area contributed by atoms with Crippen molar-refractivity contribution in [2.24, 2.45) is 0 Å². The number of piperidine rings is 1. The number of hydrogen-bond donors (Lipinski definition) is 0. The highest BCUT2D eigenvalue weighted by molar-refractivity contribution is 5.75. The Morgan fingerprint density at radius 1 is 1.22 bits per heavy atom. The van der Waals surface area contributed by atoms with E-state index < -0.39 is 23.6 Å². The first kappa shape index (κ1) is 21.8. The average Bonchev–Trinajstić information content (AvgIpc) is 3.18. The molecule has 1 fully saturated rings. The van der Waals surface area contributed by atoms with Gasteiger partial charge in [-0.1, -0.05) is 6.07 Å². The molecule has 3 aromatic rings. The van der Waals surface area contributed by atoms with Crippen LogP contribution in [0.2, 0.25) is 0 Å². The molecular weight excluding hydrogens is 417 g/mol. The van der Waals surface area contributed by atoms with E-state index in [4.69, 9.17) is 14.2 Å². The Hall–Kier alpha value is -3.43. The van der Waals surface area contributed by atoms with Gasteiger partial charge >= 0.3 is 6.09 Å². The second-order valence-electron chi connectivity index (χ2n) is 8.57. The molecule has 0 spiro atoms. The Balaban J connectivity index is 1.59. The zero-order valence-electron chi connectivity index (χ0n) is 18.5. The molecule has 0 N–H and O–H groups in total. The SMILES string of the molecule is COc1nc(-c2cnn3ccccc23)nc(O[C@@H]2CCCN(C(=O)OC(C)(C)C)C2)c1F. The average molecular weight is 443 g/mol. The number of amides is 1. The molecule has 0 aliphatic carbocycles. The van der Waals surface area contributed by atoms with Crippen molar-refractivity contribution in [3.8, 4) is 23.1 Å². The van der Waals surface area contributed by atoms with E-state index in [1.54, 1.807) is 21.8 Å². The standard InChI is InChI=1S/C22H26FN5O4/c1-22(2,3)32-21(29)27-10-7-8-14(13-27)31-20-17(23)19(30-4)25-18(26-20)15-12-24-28-11-6-5-9-16(15)28/h5-6,9,11-12,14H,7-8,10,13H2,1-4H3/t14-/m1/s1. The number of likely N-dealkylation sites (tertiary alicyclic amines) is 1. The Morgan fingerprint density at radius 2 is 2.00 bits per heavy atom. The zero-order valence-corrected chi connectivity index (χ0v) is 18.5. The molecule has 10 heteroatoms. The van der Waals surface area contributed by atoms with Gasteiger partial charge in [-0.2, -0.15) is 19.5 Å². The molecule has 170 valence electrons. The lowest BCUT2D eigenvalue weighted by Gasteiger charge is -2.34. The van der Waals surface area contributed by atoms with Gasteiger partial charge < -0.3 is 19.1 Å². The van der Waals surface area contributed by atoms with E-state index in [0.717, 1.165) is 5.52 Å². The van der Waals surface area contributed by atoms with Crippen LogP contribution in [-0.2, 0) is 4.74 Å². The van der Waals surface area contributed by atoms with Gasteiger partial charge in [0.25, 0.3) is 11.8 Å². The van der Waals surface area contributed by atoms with Gasteiger partial charge in [-0.3, -0.25) is 0 Å². The molecule has 4 rings (SSSR count). The maximum absolute atomic E-state index is 14.9. The second kappa shape index (κ2) is 8.60. The van der Waals surface area contributed by atoms with Crippen molar-refractivity contribution in [2.45, 2.75) is 45.3 Å². The van der Waals surface area contributed by atoms with Gasteiger partial charge in [0, 0.05) is 12.7 Å². The molecule has 1 saturated heterocycles. The van der Waals surface area contributed by atoms with Crippen LogP contribution in [0.5, 0.6) is 11.8 Å². The third kappa shape index (κ3) is 4.58. The topological polar surface area (TPSA) is 91.1 Å². The summed E-state index contributed by atoms with van der Waals surface area (Å²) in [5.74, 6) is -1.00. The van der Waals surface area contributed by atoms with E-state index in [1.807, 2.05) is 39.0 Å². The zero-order chi connectivity index (χ0) is 22.9. The van der Waals surface area contributed by atoms with Crippen LogP contribution in [0.3, 0.4) is 0 Å². The van der Waals surface area contributed by atoms with Crippen molar-refractivity contribution in [2.75, 3.05) is 20.2 Å². The predicted octanol–water partition coefficient (Wildman–Crippen LogP) is 3.72. The summed E-state index contributed by atoms with van der Waals surface area (Å²) in [7, 11) is 1.33.